The molecule has 5 nitrogen and oxygen atoms in total. The van der Waals surface area contributed by atoms with Crippen LogP contribution >= 0.6 is 0 Å². The van der Waals surface area contributed by atoms with Crippen molar-refractivity contribution >= 4 is 14.0 Å². The molecule has 1 heterocycles. The summed E-state index contributed by atoms with van der Waals surface area (Å²) in [6.07, 6.45) is 1.34. The molecule has 1 aromatic heterocycles. The molecule has 24 heavy (non-hydrogen) atoms. The Balaban J connectivity index is 2.29. The van der Waals surface area contributed by atoms with Crippen molar-refractivity contribution in [3.05, 3.63) is 58.5 Å². The Morgan fingerprint density at radius 2 is 1.88 bits per heavy atom. The lowest BCUT2D eigenvalue weighted by Crippen LogP contribution is -2.26. The van der Waals surface area contributed by atoms with Crippen molar-refractivity contribution in [2.45, 2.75) is 32.4 Å². The van der Waals surface area contributed by atoms with E-state index in [9.17, 15) is 14.7 Å². The van der Waals surface area contributed by atoms with Crippen LogP contribution in [0.25, 0.3) is 11.1 Å². The number of aromatic nitrogens is 1. The molecule has 2 aromatic rings. The molecule has 128 valence electrons. The number of nitrogens with zero attached hydrogens (tertiary/aromatic N) is 1. The highest BCUT2D eigenvalue weighted by molar-refractivity contribution is 6.76. The molecule has 6 heteroatoms. The molecular formula is C18H23NO4Si. The predicted octanol–water partition coefficient (Wildman–Crippen LogP) is 3.53. The molecule has 0 saturated carbocycles. The molecule has 2 rings (SSSR count). The quantitative estimate of drug-likeness (QED) is 0.616. The van der Waals surface area contributed by atoms with Crippen LogP contribution in [0.5, 0.6) is 0 Å². The third-order valence-electron chi connectivity index (χ3n) is 3.64. The van der Waals surface area contributed by atoms with Crippen molar-refractivity contribution in [1.82, 2.24) is 4.57 Å². The van der Waals surface area contributed by atoms with Crippen molar-refractivity contribution in [1.29, 1.82) is 0 Å². The number of carboxylic acids is 1. The van der Waals surface area contributed by atoms with E-state index in [1.54, 1.807) is 12.1 Å². The topological polar surface area (TPSA) is 68.5 Å². The Morgan fingerprint density at radius 1 is 1.21 bits per heavy atom. The summed E-state index contributed by atoms with van der Waals surface area (Å²) in [5, 5.41) is 9.30. The van der Waals surface area contributed by atoms with E-state index in [4.69, 9.17) is 4.74 Å². The van der Waals surface area contributed by atoms with Gasteiger partial charge in [-0.3, -0.25) is 9.36 Å². The number of carbonyl (C=O) groups is 1. The molecular weight excluding hydrogens is 322 g/mol. The largest absolute Gasteiger partial charge is 0.478 e. The number of aromatic carboxylic acids is 1. The van der Waals surface area contributed by atoms with Gasteiger partial charge in [-0.1, -0.05) is 50.0 Å². The zero-order valence-electron chi connectivity index (χ0n) is 14.3. The molecule has 0 aliphatic carbocycles. The first kappa shape index (κ1) is 18.2. The highest BCUT2D eigenvalue weighted by atomic mass is 28.3. The average Bonchev–Trinajstić information content (AvgIpc) is 2.52. The molecule has 0 aliphatic heterocycles. The SMILES string of the molecule is C[Si](C)(C)CCOCn1cc(C(=O)O)cc(-c2ccccc2)c1=O. The Bertz CT molecular complexity index is 763. The van der Waals surface area contributed by atoms with E-state index in [0.29, 0.717) is 17.7 Å². The van der Waals surface area contributed by atoms with E-state index < -0.39 is 14.0 Å². The molecule has 0 fully saturated rings. The van der Waals surface area contributed by atoms with Crippen LogP contribution in [-0.2, 0) is 11.5 Å². The van der Waals surface area contributed by atoms with E-state index in [1.165, 1.54) is 16.8 Å². The first-order valence-corrected chi connectivity index (χ1v) is 11.6. The fourth-order valence-corrected chi connectivity index (χ4v) is 2.97. The number of carboxylic acid groups (broad SMARTS) is 1. The Hall–Kier alpha value is -2.18. The van der Waals surface area contributed by atoms with Crippen molar-refractivity contribution in [2.24, 2.45) is 0 Å². The molecule has 0 unspecified atom stereocenters. The standard InChI is InChI=1S/C18H23NO4Si/c1-24(2,3)10-9-23-13-19-12-15(18(21)22)11-16(17(19)20)14-7-5-4-6-8-14/h4-8,11-12H,9-10,13H2,1-3H3,(H,21,22). The summed E-state index contributed by atoms with van der Waals surface area (Å²) in [7, 11) is -1.21. The van der Waals surface area contributed by atoms with Gasteiger partial charge in [0.15, 0.2) is 0 Å². The molecule has 0 spiro atoms. The molecule has 0 aliphatic rings. The van der Waals surface area contributed by atoms with Gasteiger partial charge >= 0.3 is 5.97 Å². The van der Waals surface area contributed by atoms with E-state index in [-0.39, 0.29) is 17.9 Å². The second-order valence-corrected chi connectivity index (χ2v) is 12.6. The molecule has 0 radical (unpaired) electrons. The first-order chi connectivity index (χ1) is 11.3. The van der Waals surface area contributed by atoms with Gasteiger partial charge in [-0.2, -0.15) is 0 Å². The summed E-state index contributed by atoms with van der Waals surface area (Å²) in [5.74, 6) is -1.07. The maximum atomic E-state index is 12.6. The van der Waals surface area contributed by atoms with E-state index in [2.05, 4.69) is 19.6 Å². The van der Waals surface area contributed by atoms with Gasteiger partial charge in [0.05, 0.1) is 5.56 Å². The van der Waals surface area contributed by atoms with Crippen LogP contribution < -0.4 is 5.56 Å². The first-order valence-electron chi connectivity index (χ1n) is 7.89. The van der Waals surface area contributed by atoms with Crippen molar-refractivity contribution in [3.63, 3.8) is 0 Å². The third-order valence-corrected chi connectivity index (χ3v) is 5.35. The number of hydrogen-bond acceptors (Lipinski definition) is 3. The Labute approximate surface area is 142 Å². The average molecular weight is 345 g/mol. The maximum Gasteiger partial charge on any atom is 0.337 e. The lowest BCUT2D eigenvalue weighted by atomic mass is 10.1. The summed E-state index contributed by atoms with van der Waals surface area (Å²) in [4.78, 5) is 24.0. The van der Waals surface area contributed by atoms with Gasteiger partial charge < -0.3 is 9.84 Å². The second-order valence-electron chi connectivity index (χ2n) is 6.94. The van der Waals surface area contributed by atoms with Crippen LogP contribution in [0, 0.1) is 0 Å². The molecule has 0 amide bonds. The van der Waals surface area contributed by atoms with Gasteiger partial charge in [0.25, 0.3) is 5.56 Å². The van der Waals surface area contributed by atoms with Crippen LogP contribution in [0.2, 0.25) is 25.7 Å². The molecule has 0 bridgehead atoms. The van der Waals surface area contributed by atoms with Crippen LogP contribution in [-0.4, -0.2) is 30.3 Å². The van der Waals surface area contributed by atoms with Gasteiger partial charge in [-0.05, 0) is 17.7 Å². The molecule has 1 N–H and O–H groups in total. The van der Waals surface area contributed by atoms with E-state index >= 15 is 0 Å². The van der Waals surface area contributed by atoms with Gasteiger partial charge in [0.2, 0.25) is 0 Å². The monoisotopic (exact) mass is 345 g/mol. The number of rotatable bonds is 7. The zero-order valence-corrected chi connectivity index (χ0v) is 15.3. The van der Waals surface area contributed by atoms with Gasteiger partial charge in [-0.25, -0.2) is 4.79 Å². The van der Waals surface area contributed by atoms with Gasteiger partial charge in [-0.15, -0.1) is 0 Å². The summed E-state index contributed by atoms with van der Waals surface area (Å²) in [5.41, 5.74) is 0.882. The number of ether oxygens (including phenoxy) is 1. The lowest BCUT2D eigenvalue weighted by Gasteiger charge is -2.16. The molecule has 1 aromatic carbocycles. The van der Waals surface area contributed by atoms with Crippen LogP contribution in [0.3, 0.4) is 0 Å². The summed E-state index contributed by atoms with van der Waals surface area (Å²) in [6.45, 7) is 7.38. The molecule has 0 saturated heterocycles. The smallest absolute Gasteiger partial charge is 0.337 e. The highest BCUT2D eigenvalue weighted by Crippen LogP contribution is 2.16. The van der Waals surface area contributed by atoms with Gasteiger partial charge in [0, 0.05) is 26.4 Å². The fraction of sp³-hybridized carbons (Fsp3) is 0.333. The fourth-order valence-electron chi connectivity index (χ4n) is 2.21. The van der Waals surface area contributed by atoms with Crippen LogP contribution in [0.4, 0.5) is 0 Å². The minimum atomic E-state index is -1.21. The van der Waals surface area contributed by atoms with E-state index in [1.807, 2.05) is 18.2 Å². The van der Waals surface area contributed by atoms with E-state index in [0.717, 1.165) is 6.04 Å². The Morgan fingerprint density at radius 3 is 2.46 bits per heavy atom. The Kier molecular flexibility index (Phi) is 5.74. The number of benzene rings is 1. The number of hydrogen-bond donors (Lipinski definition) is 1. The lowest BCUT2D eigenvalue weighted by molar-refractivity contribution is 0.0689. The molecule has 0 atom stereocenters. The third kappa shape index (κ3) is 4.91. The minimum Gasteiger partial charge on any atom is -0.478 e. The summed E-state index contributed by atoms with van der Waals surface area (Å²) in [6, 6.07) is 11.5. The van der Waals surface area contributed by atoms with Gasteiger partial charge in [0.1, 0.15) is 6.73 Å². The van der Waals surface area contributed by atoms with Crippen molar-refractivity contribution < 1.29 is 14.6 Å². The maximum absolute atomic E-state index is 12.6. The second kappa shape index (κ2) is 7.59. The highest BCUT2D eigenvalue weighted by Gasteiger charge is 2.14. The van der Waals surface area contributed by atoms with Crippen molar-refractivity contribution in [3.8, 4) is 11.1 Å². The van der Waals surface area contributed by atoms with Crippen molar-refractivity contribution in [2.75, 3.05) is 6.61 Å². The summed E-state index contributed by atoms with van der Waals surface area (Å²) < 4.78 is 6.94. The predicted molar refractivity (Wildman–Crippen MR) is 97.2 cm³/mol. The zero-order chi connectivity index (χ0) is 17.7. The number of pyridine rings is 1. The minimum absolute atomic E-state index is 0.0598. The normalized spacial score (nSPS) is 11.5. The van der Waals surface area contributed by atoms with Crippen LogP contribution in [0.15, 0.2) is 47.4 Å². The van der Waals surface area contributed by atoms with Crippen LogP contribution in [0.1, 0.15) is 10.4 Å². The summed E-state index contributed by atoms with van der Waals surface area (Å²) >= 11 is 0.